The molecule has 0 bridgehead atoms. The van der Waals surface area contributed by atoms with Gasteiger partial charge in [-0.15, -0.1) is 0 Å². The molecule has 20 heavy (non-hydrogen) atoms. The molecule has 0 spiro atoms. The zero-order chi connectivity index (χ0) is 15.4. The standard InChI is InChI=1S/C16H30O4/c1-13(14(2)20-15(3)17)11-9-7-5-6-8-10-12-16(18)19-4/h13-14H,5-12H2,1-4H3. The first-order valence-corrected chi connectivity index (χ1v) is 7.71. The Morgan fingerprint density at radius 2 is 1.50 bits per heavy atom. The summed E-state index contributed by atoms with van der Waals surface area (Å²) in [5, 5.41) is 0. The minimum Gasteiger partial charge on any atom is -0.469 e. The summed E-state index contributed by atoms with van der Waals surface area (Å²) in [6, 6.07) is 0. The van der Waals surface area contributed by atoms with Gasteiger partial charge in [0.15, 0.2) is 0 Å². The Morgan fingerprint density at radius 3 is 2.05 bits per heavy atom. The number of carbonyl (C=O) groups is 2. The Labute approximate surface area is 123 Å². The quantitative estimate of drug-likeness (QED) is 0.427. The van der Waals surface area contributed by atoms with Crippen molar-refractivity contribution in [1.29, 1.82) is 0 Å². The molecule has 2 atom stereocenters. The van der Waals surface area contributed by atoms with Crippen LogP contribution in [0.15, 0.2) is 0 Å². The van der Waals surface area contributed by atoms with Crippen molar-refractivity contribution in [3.05, 3.63) is 0 Å². The molecule has 4 heteroatoms. The van der Waals surface area contributed by atoms with Gasteiger partial charge in [-0.2, -0.15) is 0 Å². The highest BCUT2D eigenvalue weighted by Crippen LogP contribution is 2.17. The Balaban J connectivity index is 3.39. The Morgan fingerprint density at radius 1 is 0.950 bits per heavy atom. The number of methoxy groups -OCH3 is 1. The van der Waals surface area contributed by atoms with Crippen molar-refractivity contribution in [2.75, 3.05) is 7.11 Å². The topological polar surface area (TPSA) is 52.6 Å². The molecule has 0 saturated heterocycles. The van der Waals surface area contributed by atoms with Gasteiger partial charge in [-0.3, -0.25) is 9.59 Å². The number of rotatable bonds is 11. The van der Waals surface area contributed by atoms with Gasteiger partial charge in [0.25, 0.3) is 0 Å². The molecule has 0 fully saturated rings. The molecule has 118 valence electrons. The van der Waals surface area contributed by atoms with Gasteiger partial charge in [0.05, 0.1) is 7.11 Å². The number of hydrogen-bond acceptors (Lipinski definition) is 4. The fourth-order valence-corrected chi connectivity index (χ4v) is 2.16. The largest absolute Gasteiger partial charge is 0.469 e. The van der Waals surface area contributed by atoms with Crippen molar-refractivity contribution < 1.29 is 19.1 Å². The number of ether oxygens (including phenoxy) is 2. The normalized spacial score (nSPS) is 13.6. The van der Waals surface area contributed by atoms with Gasteiger partial charge >= 0.3 is 11.9 Å². The Bertz CT molecular complexity index is 276. The molecule has 0 aliphatic rings. The van der Waals surface area contributed by atoms with Gasteiger partial charge < -0.3 is 9.47 Å². The molecule has 0 aliphatic carbocycles. The van der Waals surface area contributed by atoms with E-state index in [-0.39, 0.29) is 18.0 Å². The zero-order valence-corrected chi connectivity index (χ0v) is 13.4. The minimum absolute atomic E-state index is 0.00700. The van der Waals surface area contributed by atoms with Crippen molar-refractivity contribution >= 4 is 11.9 Å². The second-order valence-electron chi connectivity index (χ2n) is 5.53. The lowest BCUT2D eigenvalue weighted by atomic mass is 9.97. The molecular weight excluding hydrogens is 256 g/mol. The lowest BCUT2D eigenvalue weighted by Crippen LogP contribution is -2.20. The molecule has 0 amide bonds. The molecule has 0 aliphatic heterocycles. The third-order valence-corrected chi connectivity index (χ3v) is 3.67. The predicted octanol–water partition coefficient (Wildman–Crippen LogP) is 3.87. The Kier molecular flexibility index (Phi) is 11.1. The summed E-state index contributed by atoms with van der Waals surface area (Å²) in [5.41, 5.74) is 0. The fourth-order valence-electron chi connectivity index (χ4n) is 2.16. The van der Waals surface area contributed by atoms with Gasteiger partial charge in [-0.05, 0) is 25.7 Å². The molecule has 0 N–H and O–H groups in total. The summed E-state index contributed by atoms with van der Waals surface area (Å²) in [5.74, 6) is 0.103. The summed E-state index contributed by atoms with van der Waals surface area (Å²) in [6.07, 6.45) is 8.40. The van der Waals surface area contributed by atoms with Crippen LogP contribution in [-0.2, 0) is 19.1 Å². The third kappa shape index (κ3) is 10.8. The zero-order valence-electron chi connectivity index (χ0n) is 13.4. The number of hydrogen-bond donors (Lipinski definition) is 0. The smallest absolute Gasteiger partial charge is 0.305 e. The van der Waals surface area contributed by atoms with Crippen molar-refractivity contribution in [3.63, 3.8) is 0 Å². The number of esters is 2. The summed E-state index contributed by atoms with van der Waals surface area (Å²) < 4.78 is 9.77. The molecule has 0 aromatic carbocycles. The molecular formula is C16H30O4. The molecule has 0 heterocycles. The number of carbonyl (C=O) groups excluding carboxylic acids is 2. The van der Waals surface area contributed by atoms with E-state index in [1.54, 1.807) is 0 Å². The summed E-state index contributed by atoms with van der Waals surface area (Å²) in [4.78, 5) is 21.8. The van der Waals surface area contributed by atoms with E-state index in [9.17, 15) is 9.59 Å². The minimum atomic E-state index is -0.199. The van der Waals surface area contributed by atoms with Gasteiger partial charge in [-0.1, -0.05) is 39.0 Å². The Hall–Kier alpha value is -1.06. The summed E-state index contributed by atoms with van der Waals surface area (Å²) in [6.45, 7) is 5.54. The van der Waals surface area contributed by atoms with Crippen LogP contribution in [0.5, 0.6) is 0 Å². The first kappa shape index (κ1) is 18.9. The highest BCUT2D eigenvalue weighted by atomic mass is 16.5. The second-order valence-corrected chi connectivity index (χ2v) is 5.53. The average molecular weight is 286 g/mol. The average Bonchev–Trinajstić information content (AvgIpc) is 2.40. The highest BCUT2D eigenvalue weighted by Gasteiger charge is 2.14. The van der Waals surface area contributed by atoms with Crippen molar-refractivity contribution in [1.82, 2.24) is 0 Å². The first-order valence-electron chi connectivity index (χ1n) is 7.71. The van der Waals surface area contributed by atoms with Crippen LogP contribution < -0.4 is 0 Å². The highest BCUT2D eigenvalue weighted by molar-refractivity contribution is 5.68. The van der Waals surface area contributed by atoms with E-state index in [2.05, 4.69) is 11.7 Å². The molecule has 4 nitrogen and oxygen atoms in total. The van der Waals surface area contributed by atoms with E-state index in [0.29, 0.717) is 12.3 Å². The van der Waals surface area contributed by atoms with Gasteiger partial charge in [0.1, 0.15) is 6.10 Å². The van der Waals surface area contributed by atoms with Crippen molar-refractivity contribution in [3.8, 4) is 0 Å². The lowest BCUT2D eigenvalue weighted by molar-refractivity contribution is -0.147. The maximum absolute atomic E-state index is 10.9. The van der Waals surface area contributed by atoms with E-state index < -0.39 is 0 Å². The molecule has 0 rings (SSSR count). The van der Waals surface area contributed by atoms with E-state index >= 15 is 0 Å². The van der Waals surface area contributed by atoms with E-state index in [0.717, 1.165) is 19.3 Å². The summed E-state index contributed by atoms with van der Waals surface area (Å²) >= 11 is 0. The maximum Gasteiger partial charge on any atom is 0.305 e. The number of unbranched alkanes of at least 4 members (excludes halogenated alkanes) is 5. The van der Waals surface area contributed by atoms with Crippen LogP contribution in [0, 0.1) is 5.92 Å². The molecule has 0 aromatic heterocycles. The predicted molar refractivity (Wildman–Crippen MR) is 79.3 cm³/mol. The molecule has 2 unspecified atom stereocenters. The lowest BCUT2D eigenvalue weighted by Gasteiger charge is -2.19. The van der Waals surface area contributed by atoms with Crippen LogP contribution in [0.3, 0.4) is 0 Å². The van der Waals surface area contributed by atoms with Crippen LogP contribution in [0.25, 0.3) is 0 Å². The van der Waals surface area contributed by atoms with Gasteiger partial charge in [-0.25, -0.2) is 0 Å². The molecule has 0 saturated carbocycles. The van der Waals surface area contributed by atoms with E-state index in [1.165, 1.54) is 39.7 Å². The van der Waals surface area contributed by atoms with Gasteiger partial charge in [0, 0.05) is 13.3 Å². The van der Waals surface area contributed by atoms with Crippen molar-refractivity contribution in [2.24, 2.45) is 5.92 Å². The van der Waals surface area contributed by atoms with E-state index in [1.807, 2.05) is 6.92 Å². The summed E-state index contributed by atoms with van der Waals surface area (Å²) in [7, 11) is 1.43. The van der Waals surface area contributed by atoms with Crippen molar-refractivity contribution in [2.45, 2.75) is 78.2 Å². The molecule has 0 aromatic rings. The van der Waals surface area contributed by atoms with Gasteiger partial charge in [0.2, 0.25) is 0 Å². The maximum atomic E-state index is 10.9. The van der Waals surface area contributed by atoms with Crippen LogP contribution in [0.1, 0.15) is 72.1 Å². The SMILES string of the molecule is COC(=O)CCCCCCCCC(C)C(C)OC(C)=O. The monoisotopic (exact) mass is 286 g/mol. The first-order chi connectivity index (χ1) is 9.47. The van der Waals surface area contributed by atoms with Crippen LogP contribution >= 0.6 is 0 Å². The second kappa shape index (κ2) is 11.7. The molecule has 0 radical (unpaired) electrons. The third-order valence-electron chi connectivity index (χ3n) is 3.67. The van der Waals surface area contributed by atoms with Crippen LogP contribution in [0.2, 0.25) is 0 Å². The van der Waals surface area contributed by atoms with E-state index in [4.69, 9.17) is 4.74 Å². The van der Waals surface area contributed by atoms with Crippen LogP contribution in [0.4, 0.5) is 0 Å². The van der Waals surface area contributed by atoms with Crippen LogP contribution in [-0.4, -0.2) is 25.2 Å². The fraction of sp³-hybridized carbons (Fsp3) is 0.875.